The van der Waals surface area contributed by atoms with E-state index in [1.807, 2.05) is 24.3 Å². The van der Waals surface area contributed by atoms with Crippen LogP contribution >= 0.6 is 15.9 Å². The number of nitrogens with zero attached hydrogens (tertiary/aromatic N) is 2. The summed E-state index contributed by atoms with van der Waals surface area (Å²) in [6.45, 7) is 2.60. The number of anilines is 2. The average Bonchev–Trinajstić information content (AvgIpc) is 3.29. The minimum atomic E-state index is -3.70. The van der Waals surface area contributed by atoms with Gasteiger partial charge in [-0.3, -0.25) is 9.59 Å². The highest BCUT2D eigenvalue weighted by Gasteiger charge is 2.29. The van der Waals surface area contributed by atoms with Gasteiger partial charge in [0.15, 0.2) is 9.84 Å². The summed E-state index contributed by atoms with van der Waals surface area (Å²) in [7, 11) is -3.70. The molecule has 2 aromatic carbocycles. The first-order valence-corrected chi connectivity index (χ1v) is 11.9. The van der Waals surface area contributed by atoms with Crippen LogP contribution in [-0.2, 0) is 32.3 Å². The molecule has 0 atom stereocenters. The second-order valence-corrected chi connectivity index (χ2v) is 10.3. The molecule has 4 rings (SSSR count). The number of hydrogen-bond acceptors (Lipinski definition) is 4. The molecule has 2 heterocycles. The first-order chi connectivity index (χ1) is 13.8. The summed E-state index contributed by atoms with van der Waals surface area (Å²) in [6, 6.07) is 11.0. The van der Waals surface area contributed by atoms with Gasteiger partial charge in [-0.05, 0) is 58.1 Å². The summed E-state index contributed by atoms with van der Waals surface area (Å²) >= 11 is 3.36. The van der Waals surface area contributed by atoms with Crippen molar-refractivity contribution in [2.75, 3.05) is 28.6 Å². The Labute approximate surface area is 178 Å². The summed E-state index contributed by atoms with van der Waals surface area (Å²) in [4.78, 5) is 27.9. The zero-order valence-corrected chi connectivity index (χ0v) is 18.4. The lowest BCUT2D eigenvalue weighted by Gasteiger charge is -2.18. The molecule has 0 spiro atoms. The molecule has 0 fully saturated rings. The Hall–Kier alpha value is -2.19. The molecule has 6 nitrogen and oxygen atoms in total. The fraction of sp³-hybridized carbons (Fsp3) is 0.333. The lowest BCUT2D eigenvalue weighted by atomic mass is 10.2. The number of rotatable bonds is 4. The Morgan fingerprint density at radius 3 is 2.45 bits per heavy atom. The molecule has 2 amide bonds. The summed E-state index contributed by atoms with van der Waals surface area (Å²) in [5, 5.41) is 0. The minimum absolute atomic E-state index is 0.0867. The maximum Gasteiger partial charge on any atom is 0.228 e. The van der Waals surface area contributed by atoms with Crippen molar-refractivity contribution in [1.29, 1.82) is 0 Å². The largest absolute Gasteiger partial charge is 0.312 e. The molecule has 0 saturated heterocycles. The molecular formula is C21H21BrN2O4S. The highest BCUT2D eigenvalue weighted by Crippen LogP contribution is 2.36. The Kier molecular flexibility index (Phi) is 5.25. The van der Waals surface area contributed by atoms with E-state index in [-0.39, 0.29) is 28.9 Å². The maximum atomic E-state index is 13.0. The van der Waals surface area contributed by atoms with E-state index < -0.39 is 9.84 Å². The third-order valence-electron chi connectivity index (χ3n) is 5.52. The van der Waals surface area contributed by atoms with E-state index in [1.165, 1.54) is 6.92 Å². The van der Waals surface area contributed by atoms with Gasteiger partial charge in [-0.1, -0.05) is 18.2 Å². The van der Waals surface area contributed by atoms with Gasteiger partial charge in [0.25, 0.3) is 0 Å². The smallest absolute Gasteiger partial charge is 0.228 e. The number of sulfone groups is 1. The Morgan fingerprint density at radius 1 is 1.00 bits per heavy atom. The summed E-state index contributed by atoms with van der Waals surface area (Å²) in [5.74, 6) is -0.583. The number of benzene rings is 2. The standard InChI is InChI=1S/C21H21BrN2O4S/c1-14(25)23-9-7-16-12-17(22)20(13-19(16)23)29(27,28)11-8-21(26)24-10-6-15-4-2-3-5-18(15)24/h2-5,12-13H,6-11H2,1H3. The lowest BCUT2D eigenvalue weighted by Crippen LogP contribution is -2.30. The van der Waals surface area contributed by atoms with Gasteiger partial charge in [-0.25, -0.2) is 8.42 Å². The molecule has 0 saturated carbocycles. The Morgan fingerprint density at radius 2 is 1.69 bits per heavy atom. The Balaban J connectivity index is 1.54. The normalized spacial score (nSPS) is 15.4. The molecular weight excluding hydrogens is 456 g/mol. The molecule has 0 aromatic heterocycles. The fourth-order valence-electron chi connectivity index (χ4n) is 4.02. The van der Waals surface area contributed by atoms with Crippen LogP contribution in [0.5, 0.6) is 0 Å². The van der Waals surface area contributed by atoms with Gasteiger partial charge >= 0.3 is 0 Å². The van der Waals surface area contributed by atoms with Crippen molar-refractivity contribution in [2.24, 2.45) is 0 Å². The number of fused-ring (bicyclic) bond motifs is 2. The summed E-state index contributed by atoms with van der Waals surface area (Å²) in [5.41, 5.74) is 3.55. The van der Waals surface area contributed by atoms with Gasteiger partial charge in [-0.15, -0.1) is 0 Å². The maximum absolute atomic E-state index is 13.0. The predicted molar refractivity (Wildman–Crippen MR) is 115 cm³/mol. The van der Waals surface area contributed by atoms with Gasteiger partial charge in [0.2, 0.25) is 11.8 Å². The number of para-hydroxylation sites is 1. The van der Waals surface area contributed by atoms with E-state index in [0.29, 0.717) is 29.7 Å². The zero-order valence-electron chi connectivity index (χ0n) is 16.0. The minimum Gasteiger partial charge on any atom is -0.312 e. The number of amides is 2. The molecule has 0 bridgehead atoms. The molecule has 0 N–H and O–H groups in total. The number of halogens is 1. The van der Waals surface area contributed by atoms with Crippen molar-refractivity contribution in [3.8, 4) is 0 Å². The molecule has 2 aliphatic heterocycles. The zero-order chi connectivity index (χ0) is 20.8. The molecule has 0 unspecified atom stereocenters. The van der Waals surface area contributed by atoms with Crippen molar-refractivity contribution in [3.63, 3.8) is 0 Å². The fourth-order valence-corrected chi connectivity index (χ4v) is 6.46. The first-order valence-electron chi connectivity index (χ1n) is 9.49. The highest BCUT2D eigenvalue weighted by molar-refractivity contribution is 9.10. The molecule has 152 valence electrons. The van der Waals surface area contributed by atoms with E-state index in [9.17, 15) is 18.0 Å². The third kappa shape index (κ3) is 3.71. The van der Waals surface area contributed by atoms with Gasteiger partial charge < -0.3 is 9.80 Å². The second kappa shape index (κ2) is 7.57. The molecule has 2 aliphatic rings. The van der Waals surface area contributed by atoms with Crippen LogP contribution in [0.15, 0.2) is 45.8 Å². The van der Waals surface area contributed by atoms with E-state index >= 15 is 0 Å². The number of carbonyl (C=O) groups is 2. The molecule has 2 aromatic rings. The van der Waals surface area contributed by atoms with Crippen molar-refractivity contribution in [1.82, 2.24) is 0 Å². The van der Waals surface area contributed by atoms with Gasteiger partial charge in [0.05, 0.1) is 10.6 Å². The first kappa shape index (κ1) is 20.1. The van der Waals surface area contributed by atoms with Crippen LogP contribution in [0, 0.1) is 0 Å². The van der Waals surface area contributed by atoms with Gasteiger partial charge in [0, 0.05) is 42.3 Å². The topological polar surface area (TPSA) is 74.8 Å². The van der Waals surface area contributed by atoms with Crippen molar-refractivity contribution >= 4 is 49.0 Å². The van der Waals surface area contributed by atoms with Crippen LogP contribution in [0.3, 0.4) is 0 Å². The molecule has 0 radical (unpaired) electrons. The van der Waals surface area contributed by atoms with E-state index in [2.05, 4.69) is 15.9 Å². The average molecular weight is 477 g/mol. The molecule has 29 heavy (non-hydrogen) atoms. The van der Waals surface area contributed by atoms with Crippen LogP contribution < -0.4 is 9.80 Å². The quantitative estimate of drug-likeness (QED) is 0.679. The van der Waals surface area contributed by atoms with E-state index in [1.54, 1.807) is 21.9 Å². The van der Waals surface area contributed by atoms with Crippen LogP contribution in [0.25, 0.3) is 0 Å². The van der Waals surface area contributed by atoms with Crippen molar-refractivity contribution in [2.45, 2.75) is 31.1 Å². The molecule has 8 heteroatoms. The van der Waals surface area contributed by atoms with E-state index in [4.69, 9.17) is 0 Å². The van der Waals surface area contributed by atoms with Crippen molar-refractivity contribution < 1.29 is 18.0 Å². The second-order valence-electron chi connectivity index (χ2n) is 7.32. The summed E-state index contributed by atoms with van der Waals surface area (Å²) < 4.78 is 26.5. The highest BCUT2D eigenvalue weighted by atomic mass is 79.9. The predicted octanol–water partition coefficient (Wildman–Crippen LogP) is 3.11. The van der Waals surface area contributed by atoms with Crippen LogP contribution in [0.4, 0.5) is 11.4 Å². The van der Waals surface area contributed by atoms with Gasteiger partial charge in [-0.2, -0.15) is 0 Å². The molecule has 0 aliphatic carbocycles. The lowest BCUT2D eigenvalue weighted by molar-refractivity contribution is -0.118. The SMILES string of the molecule is CC(=O)N1CCc2cc(Br)c(S(=O)(=O)CCC(=O)N3CCc4ccccc43)cc21. The third-order valence-corrected chi connectivity index (χ3v) is 8.18. The van der Waals surface area contributed by atoms with Crippen LogP contribution in [0.1, 0.15) is 24.5 Å². The van der Waals surface area contributed by atoms with Crippen molar-refractivity contribution in [3.05, 3.63) is 52.0 Å². The van der Waals surface area contributed by atoms with Gasteiger partial charge in [0.1, 0.15) is 0 Å². The summed E-state index contributed by atoms with van der Waals surface area (Å²) in [6.07, 6.45) is 1.39. The monoisotopic (exact) mass is 476 g/mol. The number of hydrogen-bond donors (Lipinski definition) is 0. The van der Waals surface area contributed by atoms with Crippen LogP contribution in [0.2, 0.25) is 0 Å². The van der Waals surface area contributed by atoms with E-state index in [0.717, 1.165) is 23.2 Å². The Bertz CT molecular complexity index is 1110. The number of carbonyl (C=O) groups excluding carboxylic acids is 2. The van der Waals surface area contributed by atoms with Crippen LogP contribution in [-0.4, -0.2) is 39.1 Å².